The normalized spacial score (nSPS) is 23.9. The molecule has 3 fully saturated rings. The monoisotopic (exact) mass is 519 g/mol. The van der Waals surface area contributed by atoms with Crippen LogP contribution in [0, 0.1) is 5.41 Å². The molecule has 0 aromatic carbocycles. The minimum absolute atomic E-state index is 0.0934. The maximum absolute atomic E-state index is 13.1. The summed E-state index contributed by atoms with van der Waals surface area (Å²) in [4.78, 5) is 31.2. The molecule has 200 valence electrons. The van der Waals surface area contributed by atoms with Crippen LogP contribution in [0.1, 0.15) is 37.8 Å². The van der Waals surface area contributed by atoms with E-state index in [1.54, 1.807) is 13.3 Å². The summed E-state index contributed by atoms with van der Waals surface area (Å²) >= 11 is 0. The number of methoxy groups -OCH3 is 1. The van der Waals surface area contributed by atoms with Crippen molar-refractivity contribution in [2.75, 3.05) is 38.2 Å². The Kier molecular flexibility index (Phi) is 6.63. The van der Waals surface area contributed by atoms with E-state index < -0.39 is 11.7 Å². The second-order valence-electron chi connectivity index (χ2n) is 10.7. The zero-order valence-corrected chi connectivity index (χ0v) is 21.2. The summed E-state index contributed by atoms with van der Waals surface area (Å²) in [5.74, 6) is 1.09. The molecule has 12 heteroatoms. The molecule has 37 heavy (non-hydrogen) atoms. The first-order valence-electron chi connectivity index (χ1n) is 12.5. The Hall–Kier alpha value is -3.15. The van der Waals surface area contributed by atoms with Gasteiger partial charge in [0.15, 0.2) is 0 Å². The lowest BCUT2D eigenvalue weighted by Gasteiger charge is -2.59. The second kappa shape index (κ2) is 9.62. The zero-order valence-electron chi connectivity index (χ0n) is 21.2. The van der Waals surface area contributed by atoms with Gasteiger partial charge in [0, 0.05) is 81.2 Å². The van der Waals surface area contributed by atoms with Crippen LogP contribution in [-0.4, -0.2) is 82.2 Å². The van der Waals surface area contributed by atoms with E-state index in [1.807, 2.05) is 35.9 Å². The predicted octanol–water partition coefficient (Wildman–Crippen LogP) is 3.17. The van der Waals surface area contributed by atoms with E-state index in [9.17, 15) is 18.0 Å². The molecule has 0 bridgehead atoms. The molecule has 2 amide bonds. The fourth-order valence-electron chi connectivity index (χ4n) is 6.10. The maximum Gasteiger partial charge on any atom is 0.419 e. The Balaban J connectivity index is 1.09. The van der Waals surface area contributed by atoms with Crippen molar-refractivity contribution in [2.24, 2.45) is 5.41 Å². The highest BCUT2D eigenvalue weighted by atomic mass is 19.4. The molecule has 0 unspecified atom stereocenters. The Morgan fingerprint density at radius 3 is 2.38 bits per heavy atom. The van der Waals surface area contributed by atoms with Crippen LogP contribution in [0.15, 0.2) is 30.9 Å². The molecule has 0 radical (unpaired) electrons. The molecule has 9 nitrogen and oxygen atoms in total. The number of nitrogens with one attached hydrogen (secondary N) is 1. The van der Waals surface area contributed by atoms with Gasteiger partial charge in [0.25, 0.3) is 0 Å². The highest BCUT2D eigenvalue weighted by Gasteiger charge is 2.53. The summed E-state index contributed by atoms with van der Waals surface area (Å²) in [7, 11) is 1.67. The number of ether oxygens (including phenoxy) is 1. The SMILES string of the molecule is COc1ccncc1CN1CC2(CC(NC(=O)N3[C@H](C)CN(c4ncc(C(F)(F)F)cn4)C[C@@H]3C)C2)C1. The largest absolute Gasteiger partial charge is 0.496 e. The number of amides is 2. The first kappa shape index (κ1) is 25.5. The highest BCUT2D eigenvalue weighted by Crippen LogP contribution is 2.49. The fourth-order valence-corrected chi connectivity index (χ4v) is 6.10. The Bertz CT molecular complexity index is 1100. The van der Waals surface area contributed by atoms with Gasteiger partial charge in [0.2, 0.25) is 5.95 Å². The van der Waals surface area contributed by atoms with Crippen molar-refractivity contribution >= 4 is 12.0 Å². The number of carbonyl (C=O) groups is 1. The number of likely N-dealkylation sites (tertiary alicyclic amines) is 1. The number of piperazine rings is 1. The number of hydrogen-bond donors (Lipinski definition) is 1. The smallest absolute Gasteiger partial charge is 0.419 e. The number of rotatable bonds is 5. The Morgan fingerprint density at radius 1 is 1.14 bits per heavy atom. The molecule has 1 N–H and O–H groups in total. The van der Waals surface area contributed by atoms with Gasteiger partial charge < -0.3 is 19.9 Å². The summed E-state index contributed by atoms with van der Waals surface area (Å²) in [6.07, 6.45) is 2.63. The number of halogens is 3. The quantitative estimate of drug-likeness (QED) is 0.650. The molecule has 2 aliphatic heterocycles. The molecule has 4 heterocycles. The van der Waals surface area contributed by atoms with Gasteiger partial charge in [-0.2, -0.15) is 13.2 Å². The zero-order chi connectivity index (χ0) is 26.4. The third-order valence-corrected chi connectivity index (χ3v) is 7.68. The van der Waals surface area contributed by atoms with Gasteiger partial charge in [-0.1, -0.05) is 0 Å². The van der Waals surface area contributed by atoms with Crippen LogP contribution in [0.25, 0.3) is 0 Å². The van der Waals surface area contributed by atoms with Crippen molar-refractivity contribution in [3.8, 4) is 5.75 Å². The van der Waals surface area contributed by atoms with Crippen LogP contribution in [-0.2, 0) is 12.7 Å². The van der Waals surface area contributed by atoms with Crippen LogP contribution < -0.4 is 15.0 Å². The van der Waals surface area contributed by atoms with Gasteiger partial charge in [-0.05, 0) is 38.2 Å². The standard InChI is InChI=1S/C25H32F3N7O2/c1-16-11-34(22-30-9-19(10-31-22)25(26,27)28)12-17(2)35(16)23(36)32-20-6-24(7-20)14-33(15-24)13-18-8-29-5-4-21(18)37-3/h4-5,8-10,16-17,20H,6-7,11-15H2,1-3H3,(H,32,36)/t16-,17+. The van der Waals surface area contributed by atoms with Gasteiger partial charge in [-0.3, -0.25) is 9.88 Å². The van der Waals surface area contributed by atoms with Gasteiger partial charge in [-0.25, -0.2) is 14.8 Å². The lowest BCUT2D eigenvalue weighted by atomic mass is 9.60. The number of pyridine rings is 1. The van der Waals surface area contributed by atoms with E-state index >= 15 is 0 Å². The molecule has 5 rings (SSSR count). The van der Waals surface area contributed by atoms with Gasteiger partial charge in [0.1, 0.15) is 5.75 Å². The number of anilines is 1. The molecular weight excluding hydrogens is 487 g/mol. The summed E-state index contributed by atoms with van der Waals surface area (Å²) in [6.45, 7) is 7.56. The maximum atomic E-state index is 13.1. The van der Waals surface area contributed by atoms with E-state index in [4.69, 9.17) is 4.74 Å². The summed E-state index contributed by atoms with van der Waals surface area (Å²) < 4.78 is 43.9. The summed E-state index contributed by atoms with van der Waals surface area (Å²) in [5, 5.41) is 3.20. The lowest BCUT2D eigenvalue weighted by Crippen LogP contribution is -2.68. The minimum Gasteiger partial charge on any atom is -0.496 e. The first-order valence-corrected chi connectivity index (χ1v) is 12.5. The predicted molar refractivity (Wildman–Crippen MR) is 130 cm³/mol. The third kappa shape index (κ3) is 5.16. The number of carbonyl (C=O) groups excluding carboxylic acids is 1. The van der Waals surface area contributed by atoms with Gasteiger partial charge in [-0.15, -0.1) is 0 Å². The van der Waals surface area contributed by atoms with Crippen molar-refractivity contribution in [3.63, 3.8) is 0 Å². The van der Waals surface area contributed by atoms with Crippen LogP contribution in [0.3, 0.4) is 0 Å². The second-order valence-corrected chi connectivity index (χ2v) is 10.7. The fraction of sp³-hybridized carbons (Fsp3) is 0.600. The highest BCUT2D eigenvalue weighted by molar-refractivity contribution is 5.76. The number of urea groups is 1. The molecule has 3 aliphatic rings. The van der Waals surface area contributed by atoms with E-state index in [1.165, 1.54) is 0 Å². The summed E-state index contributed by atoms with van der Waals surface area (Å²) in [5.41, 5.74) is 0.469. The molecule has 1 aliphatic carbocycles. The van der Waals surface area contributed by atoms with Crippen LogP contribution in [0.4, 0.5) is 23.9 Å². The number of hydrogen-bond acceptors (Lipinski definition) is 7. The van der Waals surface area contributed by atoms with Crippen molar-refractivity contribution < 1.29 is 22.7 Å². The molecule has 2 aromatic heterocycles. The minimum atomic E-state index is -4.47. The van der Waals surface area contributed by atoms with E-state index in [-0.39, 0.29) is 35.5 Å². The first-order chi connectivity index (χ1) is 17.6. The van der Waals surface area contributed by atoms with Crippen molar-refractivity contribution in [3.05, 3.63) is 42.0 Å². The topological polar surface area (TPSA) is 86.7 Å². The van der Waals surface area contributed by atoms with Crippen LogP contribution >= 0.6 is 0 Å². The van der Waals surface area contributed by atoms with Crippen molar-refractivity contribution in [1.82, 2.24) is 30.1 Å². The number of aromatic nitrogens is 3. The van der Waals surface area contributed by atoms with E-state index in [0.29, 0.717) is 13.1 Å². The van der Waals surface area contributed by atoms with Gasteiger partial charge in [0.05, 0.1) is 12.7 Å². The summed E-state index contributed by atoms with van der Waals surface area (Å²) in [6, 6.07) is 1.65. The van der Waals surface area contributed by atoms with Crippen LogP contribution in [0.5, 0.6) is 5.75 Å². The molecule has 1 spiro atoms. The average molecular weight is 520 g/mol. The van der Waals surface area contributed by atoms with Crippen molar-refractivity contribution in [1.29, 1.82) is 0 Å². The van der Waals surface area contributed by atoms with E-state index in [0.717, 1.165) is 56.2 Å². The number of alkyl halides is 3. The third-order valence-electron chi connectivity index (χ3n) is 7.68. The Labute approximate surface area is 214 Å². The average Bonchev–Trinajstić information content (AvgIpc) is 2.80. The molecule has 2 atom stereocenters. The van der Waals surface area contributed by atoms with E-state index in [2.05, 4.69) is 25.2 Å². The molecule has 2 saturated heterocycles. The molecular formula is C25H32F3N7O2. The lowest BCUT2D eigenvalue weighted by molar-refractivity contribution is -0.138. The van der Waals surface area contributed by atoms with Crippen LogP contribution in [0.2, 0.25) is 0 Å². The molecule has 1 saturated carbocycles. The van der Waals surface area contributed by atoms with Gasteiger partial charge >= 0.3 is 12.2 Å². The Morgan fingerprint density at radius 2 is 1.78 bits per heavy atom. The number of nitrogens with zero attached hydrogens (tertiary/aromatic N) is 6. The molecule has 2 aromatic rings. The van der Waals surface area contributed by atoms with Crippen molar-refractivity contribution in [2.45, 2.75) is 57.5 Å².